The summed E-state index contributed by atoms with van der Waals surface area (Å²) in [7, 11) is 1.78. The van der Waals surface area contributed by atoms with Crippen LogP contribution in [-0.2, 0) is 11.8 Å². The number of nitrogens with zero attached hydrogens (tertiary/aromatic N) is 3. The average molecular weight is 296 g/mol. The minimum atomic E-state index is -1.16. The first-order valence-electron chi connectivity index (χ1n) is 7.06. The fourth-order valence-electron chi connectivity index (χ4n) is 2.52. The molecule has 1 fully saturated rings. The van der Waals surface area contributed by atoms with Crippen molar-refractivity contribution in [3.05, 3.63) is 18.0 Å². The van der Waals surface area contributed by atoms with Gasteiger partial charge < -0.3 is 20.5 Å². The Kier molecular flexibility index (Phi) is 3.99. The van der Waals surface area contributed by atoms with Gasteiger partial charge in [-0.3, -0.25) is 4.68 Å². The molecule has 2 unspecified atom stereocenters. The molecule has 7 nitrogen and oxygen atoms in total. The van der Waals surface area contributed by atoms with Crippen LogP contribution in [0.25, 0.3) is 0 Å². The number of rotatable bonds is 2. The van der Waals surface area contributed by atoms with Crippen molar-refractivity contribution in [3.63, 3.8) is 0 Å². The highest BCUT2D eigenvalue weighted by atomic mass is 16.6. The second-order valence-corrected chi connectivity index (χ2v) is 6.61. The predicted octanol–water partition coefficient (Wildman–Crippen LogP) is 0.792. The highest BCUT2D eigenvalue weighted by molar-refractivity contribution is 5.68. The number of carbonyl (C=O) groups excluding carboxylic acids is 1. The Labute approximate surface area is 124 Å². The normalized spacial score (nSPS) is 24.2. The van der Waals surface area contributed by atoms with E-state index < -0.39 is 23.3 Å². The Balaban J connectivity index is 2.07. The van der Waals surface area contributed by atoms with Gasteiger partial charge >= 0.3 is 6.09 Å². The SMILES string of the molecule is Cn1nccc1C(N)C1(O)CCN(C(=O)OC(C)(C)C)C1. The third-order valence-electron chi connectivity index (χ3n) is 3.69. The molecule has 0 aliphatic carbocycles. The summed E-state index contributed by atoms with van der Waals surface area (Å²) >= 11 is 0. The van der Waals surface area contributed by atoms with E-state index in [1.165, 1.54) is 4.90 Å². The van der Waals surface area contributed by atoms with Crippen LogP contribution in [0.5, 0.6) is 0 Å². The van der Waals surface area contributed by atoms with E-state index in [0.717, 1.165) is 5.69 Å². The first-order chi connectivity index (χ1) is 9.62. The number of likely N-dealkylation sites (tertiary alicyclic amines) is 1. The maximum atomic E-state index is 12.1. The van der Waals surface area contributed by atoms with Gasteiger partial charge in [-0.05, 0) is 33.3 Å². The number of aromatic nitrogens is 2. The molecule has 1 aromatic rings. The molecule has 0 spiro atoms. The monoisotopic (exact) mass is 296 g/mol. The fourth-order valence-corrected chi connectivity index (χ4v) is 2.52. The van der Waals surface area contributed by atoms with Crippen LogP contribution in [0.1, 0.15) is 38.9 Å². The highest BCUT2D eigenvalue weighted by Crippen LogP contribution is 2.33. The van der Waals surface area contributed by atoms with E-state index in [9.17, 15) is 9.90 Å². The summed E-state index contributed by atoms with van der Waals surface area (Å²) in [5, 5.41) is 14.8. The van der Waals surface area contributed by atoms with Crippen molar-refractivity contribution in [2.45, 2.75) is 44.4 Å². The van der Waals surface area contributed by atoms with Gasteiger partial charge in [0.25, 0.3) is 0 Å². The maximum Gasteiger partial charge on any atom is 0.410 e. The van der Waals surface area contributed by atoms with Gasteiger partial charge in [-0.2, -0.15) is 5.10 Å². The standard InChI is InChI=1S/C14H24N4O3/c1-13(2,3)21-12(19)18-8-6-14(20,9-18)11(15)10-5-7-16-17(10)4/h5,7,11,20H,6,8-9,15H2,1-4H3. The van der Waals surface area contributed by atoms with E-state index in [1.54, 1.807) is 24.0 Å². The molecule has 2 heterocycles. The van der Waals surface area contributed by atoms with Gasteiger partial charge in [0.05, 0.1) is 18.3 Å². The third kappa shape index (κ3) is 3.36. The molecule has 0 bridgehead atoms. The molecule has 7 heteroatoms. The molecule has 118 valence electrons. The zero-order valence-electron chi connectivity index (χ0n) is 13.0. The molecule has 1 saturated heterocycles. The van der Waals surface area contributed by atoms with Gasteiger partial charge in [0, 0.05) is 19.8 Å². The highest BCUT2D eigenvalue weighted by Gasteiger charge is 2.45. The first-order valence-corrected chi connectivity index (χ1v) is 7.06. The molecule has 2 atom stereocenters. The lowest BCUT2D eigenvalue weighted by atomic mass is 9.91. The Bertz CT molecular complexity index is 523. The summed E-state index contributed by atoms with van der Waals surface area (Å²) in [6, 6.07) is 1.18. The van der Waals surface area contributed by atoms with E-state index in [-0.39, 0.29) is 6.54 Å². The van der Waals surface area contributed by atoms with Crippen LogP contribution in [0.3, 0.4) is 0 Å². The number of carbonyl (C=O) groups is 1. The van der Waals surface area contributed by atoms with Gasteiger partial charge in [0.1, 0.15) is 11.2 Å². The van der Waals surface area contributed by atoms with Gasteiger partial charge in [-0.15, -0.1) is 0 Å². The largest absolute Gasteiger partial charge is 0.444 e. The lowest BCUT2D eigenvalue weighted by Crippen LogP contribution is -2.46. The third-order valence-corrected chi connectivity index (χ3v) is 3.69. The second-order valence-electron chi connectivity index (χ2n) is 6.61. The lowest BCUT2D eigenvalue weighted by molar-refractivity contribution is 0.00388. The molecular formula is C14H24N4O3. The zero-order valence-corrected chi connectivity index (χ0v) is 13.0. The topological polar surface area (TPSA) is 93.6 Å². The van der Waals surface area contributed by atoms with Crippen LogP contribution in [0, 0.1) is 0 Å². The Morgan fingerprint density at radius 3 is 2.76 bits per heavy atom. The summed E-state index contributed by atoms with van der Waals surface area (Å²) in [5.41, 5.74) is 5.20. The van der Waals surface area contributed by atoms with Crippen LogP contribution in [0.2, 0.25) is 0 Å². The van der Waals surface area contributed by atoms with Crippen LogP contribution >= 0.6 is 0 Å². The number of ether oxygens (including phenoxy) is 1. The van der Waals surface area contributed by atoms with E-state index in [2.05, 4.69) is 5.10 Å². The lowest BCUT2D eigenvalue weighted by Gasteiger charge is -2.30. The molecule has 1 aliphatic heterocycles. The van der Waals surface area contributed by atoms with Crippen molar-refractivity contribution in [3.8, 4) is 0 Å². The summed E-state index contributed by atoms with van der Waals surface area (Å²) in [4.78, 5) is 13.6. The molecule has 1 aliphatic rings. The maximum absolute atomic E-state index is 12.1. The summed E-state index contributed by atoms with van der Waals surface area (Å²) in [6.07, 6.45) is 1.63. The van der Waals surface area contributed by atoms with Crippen LogP contribution in [0.15, 0.2) is 12.3 Å². The van der Waals surface area contributed by atoms with Crippen molar-refractivity contribution in [2.75, 3.05) is 13.1 Å². The number of amides is 1. The Morgan fingerprint density at radius 2 is 2.24 bits per heavy atom. The smallest absolute Gasteiger partial charge is 0.410 e. The molecule has 1 aromatic heterocycles. The van der Waals surface area contributed by atoms with E-state index >= 15 is 0 Å². The molecule has 21 heavy (non-hydrogen) atoms. The van der Waals surface area contributed by atoms with E-state index in [0.29, 0.717) is 13.0 Å². The second kappa shape index (κ2) is 5.31. The quantitative estimate of drug-likeness (QED) is 0.841. The molecule has 0 aromatic carbocycles. The molecule has 0 saturated carbocycles. The van der Waals surface area contributed by atoms with Crippen molar-refractivity contribution >= 4 is 6.09 Å². The predicted molar refractivity (Wildman–Crippen MR) is 77.5 cm³/mol. The van der Waals surface area contributed by atoms with Crippen molar-refractivity contribution in [2.24, 2.45) is 12.8 Å². The molecular weight excluding hydrogens is 272 g/mol. The van der Waals surface area contributed by atoms with Crippen molar-refractivity contribution in [1.82, 2.24) is 14.7 Å². The minimum Gasteiger partial charge on any atom is -0.444 e. The van der Waals surface area contributed by atoms with Crippen molar-refractivity contribution in [1.29, 1.82) is 0 Å². The molecule has 2 rings (SSSR count). The van der Waals surface area contributed by atoms with E-state index in [4.69, 9.17) is 10.5 Å². The summed E-state index contributed by atoms with van der Waals surface area (Å²) in [5.74, 6) is 0. The van der Waals surface area contributed by atoms with Crippen molar-refractivity contribution < 1.29 is 14.6 Å². The van der Waals surface area contributed by atoms with Crippen LogP contribution in [0.4, 0.5) is 4.79 Å². The van der Waals surface area contributed by atoms with Gasteiger partial charge in [-0.25, -0.2) is 4.79 Å². The zero-order chi connectivity index (χ0) is 15.8. The van der Waals surface area contributed by atoms with Gasteiger partial charge in [-0.1, -0.05) is 0 Å². The number of hydrogen-bond acceptors (Lipinski definition) is 5. The number of hydrogen-bond donors (Lipinski definition) is 2. The molecule has 3 N–H and O–H groups in total. The van der Waals surface area contributed by atoms with E-state index in [1.807, 2.05) is 20.8 Å². The summed E-state index contributed by atoms with van der Waals surface area (Å²) < 4.78 is 6.96. The van der Waals surface area contributed by atoms with Gasteiger partial charge in [0.15, 0.2) is 0 Å². The Morgan fingerprint density at radius 1 is 1.57 bits per heavy atom. The summed E-state index contributed by atoms with van der Waals surface area (Å²) in [6.45, 7) is 6.03. The number of nitrogens with two attached hydrogens (primary N) is 1. The molecule has 1 amide bonds. The van der Waals surface area contributed by atoms with Crippen LogP contribution in [-0.4, -0.2) is 50.2 Å². The number of aliphatic hydroxyl groups is 1. The number of β-amino-alcohol motifs (C(OH)–C–C–N with tert-alkyl or cyclic N) is 1. The Hall–Kier alpha value is -1.60. The number of aryl methyl sites for hydroxylation is 1. The molecule has 0 radical (unpaired) electrons. The minimum absolute atomic E-state index is 0.161. The van der Waals surface area contributed by atoms with Crippen LogP contribution < -0.4 is 5.73 Å². The first kappa shape index (κ1) is 15.8. The average Bonchev–Trinajstić information content (AvgIpc) is 2.93. The van der Waals surface area contributed by atoms with Gasteiger partial charge in [0.2, 0.25) is 0 Å². The fraction of sp³-hybridized carbons (Fsp3) is 0.714.